The first-order valence-corrected chi connectivity index (χ1v) is 5.68. The average molecular weight is 218 g/mol. The monoisotopic (exact) mass is 218 g/mol. The van der Waals surface area contributed by atoms with Crippen LogP contribution in [0.2, 0.25) is 0 Å². The van der Waals surface area contributed by atoms with Gasteiger partial charge in [-0.05, 0) is 18.1 Å². The molecule has 1 aliphatic rings. The van der Waals surface area contributed by atoms with Crippen molar-refractivity contribution < 1.29 is 4.79 Å². The molecule has 1 saturated heterocycles. The van der Waals surface area contributed by atoms with Gasteiger partial charge < -0.3 is 10.2 Å². The summed E-state index contributed by atoms with van der Waals surface area (Å²) in [6.45, 7) is 4.45. The molecule has 0 aromatic heterocycles. The van der Waals surface area contributed by atoms with Crippen molar-refractivity contribution in [2.24, 2.45) is 5.92 Å². The predicted molar refractivity (Wildman–Crippen MR) is 64.0 cm³/mol. The summed E-state index contributed by atoms with van der Waals surface area (Å²) in [4.78, 5) is 13.8. The fourth-order valence-corrected chi connectivity index (χ4v) is 1.90. The van der Waals surface area contributed by atoms with Gasteiger partial charge in [-0.15, -0.1) is 0 Å². The van der Waals surface area contributed by atoms with Gasteiger partial charge in [0.1, 0.15) is 0 Å². The third kappa shape index (κ3) is 2.25. The maximum atomic E-state index is 11.9. The van der Waals surface area contributed by atoms with Crippen molar-refractivity contribution in [2.45, 2.75) is 13.5 Å². The second-order valence-electron chi connectivity index (χ2n) is 4.48. The van der Waals surface area contributed by atoms with Crippen LogP contribution < -0.4 is 5.32 Å². The van der Waals surface area contributed by atoms with Gasteiger partial charge in [0.05, 0.1) is 5.92 Å². The molecule has 1 fully saturated rings. The first kappa shape index (κ1) is 11.1. The van der Waals surface area contributed by atoms with Gasteiger partial charge in [-0.3, -0.25) is 4.79 Å². The van der Waals surface area contributed by atoms with E-state index in [4.69, 9.17) is 0 Å². The topological polar surface area (TPSA) is 32.3 Å². The predicted octanol–water partition coefficient (Wildman–Crippen LogP) is 1.17. The van der Waals surface area contributed by atoms with Crippen LogP contribution in [0.25, 0.3) is 0 Å². The van der Waals surface area contributed by atoms with E-state index in [2.05, 4.69) is 24.4 Å². The van der Waals surface area contributed by atoms with Crippen LogP contribution in [0, 0.1) is 12.8 Å². The number of nitrogens with zero attached hydrogens (tertiary/aromatic N) is 1. The summed E-state index contributed by atoms with van der Waals surface area (Å²) < 4.78 is 0. The van der Waals surface area contributed by atoms with E-state index in [1.165, 1.54) is 11.1 Å². The lowest BCUT2D eigenvalue weighted by atomic mass is 10.0. The minimum absolute atomic E-state index is 0.189. The van der Waals surface area contributed by atoms with Crippen LogP contribution in [-0.4, -0.2) is 30.9 Å². The van der Waals surface area contributed by atoms with E-state index >= 15 is 0 Å². The van der Waals surface area contributed by atoms with E-state index in [9.17, 15) is 4.79 Å². The molecule has 0 bridgehead atoms. The van der Waals surface area contributed by atoms with Crippen LogP contribution in [0.1, 0.15) is 11.1 Å². The molecule has 86 valence electrons. The van der Waals surface area contributed by atoms with Crippen LogP contribution in [0.5, 0.6) is 0 Å². The lowest BCUT2D eigenvalue weighted by molar-refractivity contribution is -0.136. The second kappa shape index (κ2) is 4.66. The molecule has 1 heterocycles. The molecule has 0 atom stereocenters. The summed E-state index contributed by atoms with van der Waals surface area (Å²) >= 11 is 0. The van der Waals surface area contributed by atoms with E-state index in [0.29, 0.717) is 6.54 Å². The number of benzene rings is 1. The van der Waals surface area contributed by atoms with Crippen LogP contribution in [0.3, 0.4) is 0 Å². The number of nitrogens with one attached hydrogen (secondary N) is 1. The highest BCUT2D eigenvalue weighted by Gasteiger charge is 2.27. The molecule has 0 aliphatic carbocycles. The van der Waals surface area contributed by atoms with Gasteiger partial charge in [-0.1, -0.05) is 24.3 Å². The average Bonchev–Trinajstić information content (AvgIpc) is 2.18. The van der Waals surface area contributed by atoms with Crippen LogP contribution >= 0.6 is 0 Å². The van der Waals surface area contributed by atoms with E-state index in [-0.39, 0.29) is 11.8 Å². The Kier molecular flexibility index (Phi) is 3.25. The largest absolute Gasteiger partial charge is 0.341 e. The SMILES string of the molecule is Cc1ccccc1CN(C)C(=O)C1CNC1. The van der Waals surface area contributed by atoms with Gasteiger partial charge >= 0.3 is 0 Å². The molecule has 1 aromatic rings. The first-order chi connectivity index (χ1) is 7.68. The van der Waals surface area contributed by atoms with Gasteiger partial charge in [0.15, 0.2) is 0 Å². The first-order valence-electron chi connectivity index (χ1n) is 5.68. The van der Waals surface area contributed by atoms with Crippen molar-refractivity contribution in [2.75, 3.05) is 20.1 Å². The van der Waals surface area contributed by atoms with Crippen molar-refractivity contribution in [3.63, 3.8) is 0 Å². The maximum Gasteiger partial charge on any atom is 0.228 e. The van der Waals surface area contributed by atoms with Crippen LogP contribution in [0.15, 0.2) is 24.3 Å². The quantitative estimate of drug-likeness (QED) is 0.826. The Bertz CT molecular complexity index is 385. The number of hydrogen-bond donors (Lipinski definition) is 1. The normalized spacial score (nSPS) is 15.6. The third-order valence-electron chi connectivity index (χ3n) is 3.18. The summed E-state index contributed by atoms with van der Waals surface area (Å²) in [7, 11) is 1.88. The van der Waals surface area contributed by atoms with Crippen molar-refractivity contribution in [3.05, 3.63) is 35.4 Å². The van der Waals surface area contributed by atoms with E-state index in [1.54, 1.807) is 0 Å². The van der Waals surface area contributed by atoms with Crippen LogP contribution in [-0.2, 0) is 11.3 Å². The minimum Gasteiger partial charge on any atom is -0.341 e. The van der Waals surface area contributed by atoms with E-state index in [0.717, 1.165) is 13.1 Å². The molecule has 3 nitrogen and oxygen atoms in total. The molecule has 1 amide bonds. The van der Waals surface area contributed by atoms with Crippen molar-refractivity contribution in [1.82, 2.24) is 10.2 Å². The lowest BCUT2D eigenvalue weighted by Gasteiger charge is -2.30. The molecule has 0 radical (unpaired) electrons. The van der Waals surface area contributed by atoms with Crippen molar-refractivity contribution in [3.8, 4) is 0 Å². The summed E-state index contributed by atoms with van der Waals surface area (Å²) in [5, 5.41) is 3.12. The van der Waals surface area contributed by atoms with Crippen molar-refractivity contribution >= 4 is 5.91 Å². The van der Waals surface area contributed by atoms with Crippen molar-refractivity contribution in [1.29, 1.82) is 0 Å². The van der Waals surface area contributed by atoms with Gasteiger partial charge in [0.2, 0.25) is 5.91 Å². The van der Waals surface area contributed by atoms with Gasteiger partial charge in [-0.2, -0.15) is 0 Å². The molecule has 2 rings (SSSR count). The van der Waals surface area contributed by atoms with Gasteiger partial charge in [0, 0.05) is 26.7 Å². The zero-order chi connectivity index (χ0) is 11.5. The highest BCUT2D eigenvalue weighted by molar-refractivity contribution is 5.80. The summed E-state index contributed by atoms with van der Waals surface area (Å²) in [5.41, 5.74) is 2.47. The molecule has 16 heavy (non-hydrogen) atoms. The lowest BCUT2D eigenvalue weighted by Crippen LogP contribution is -2.51. The molecule has 3 heteroatoms. The van der Waals surface area contributed by atoms with Crippen LogP contribution in [0.4, 0.5) is 0 Å². The summed E-state index contributed by atoms with van der Waals surface area (Å²) in [6, 6.07) is 8.21. The van der Waals surface area contributed by atoms with Gasteiger partial charge in [0.25, 0.3) is 0 Å². The highest BCUT2D eigenvalue weighted by Crippen LogP contribution is 2.13. The Balaban J connectivity index is 1.98. The molecule has 1 aromatic carbocycles. The highest BCUT2D eigenvalue weighted by atomic mass is 16.2. The number of hydrogen-bond acceptors (Lipinski definition) is 2. The fourth-order valence-electron chi connectivity index (χ4n) is 1.90. The van der Waals surface area contributed by atoms with E-state index < -0.39 is 0 Å². The molecule has 1 aliphatic heterocycles. The molecule has 0 unspecified atom stereocenters. The molecular formula is C13H18N2O. The maximum absolute atomic E-state index is 11.9. The number of rotatable bonds is 3. The Morgan fingerprint density at radius 1 is 1.44 bits per heavy atom. The molecule has 1 N–H and O–H groups in total. The fraction of sp³-hybridized carbons (Fsp3) is 0.462. The molecule has 0 spiro atoms. The number of aryl methyl sites for hydroxylation is 1. The number of carbonyl (C=O) groups is 1. The molecule has 0 saturated carbocycles. The Labute approximate surface area is 96.5 Å². The number of carbonyl (C=O) groups excluding carboxylic acids is 1. The Morgan fingerprint density at radius 3 is 2.69 bits per heavy atom. The third-order valence-corrected chi connectivity index (χ3v) is 3.18. The zero-order valence-corrected chi connectivity index (χ0v) is 9.86. The smallest absolute Gasteiger partial charge is 0.228 e. The Hall–Kier alpha value is -1.35. The standard InChI is InChI=1S/C13H18N2O/c1-10-5-3-4-6-11(10)9-15(2)13(16)12-7-14-8-12/h3-6,12,14H,7-9H2,1-2H3. The summed E-state index contributed by atoms with van der Waals surface area (Å²) in [6.07, 6.45) is 0. The Morgan fingerprint density at radius 2 is 2.12 bits per heavy atom. The molecular weight excluding hydrogens is 200 g/mol. The number of amides is 1. The second-order valence-corrected chi connectivity index (χ2v) is 4.48. The van der Waals surface area contributed by atoms with Gasteiger partial charge in [-0.25, -0.2) is 0 Å². The van der Waals surface area contributed by atoms with E-state index in [1.807, 2.05) is 24.1 Å². The zero-order valence-electron chi connectivity index (χ0n) is 9.86. The minimum atomic E-state index is 0.189. The summed E-state index contributed by atoms with van der Waals surface area (Å²) in [5.74, 6) is 0.441.